The van der Waals surface area contributed by atoms with Gasteiger partial charge in [0.05, 0.1) is 5.70 Å². The average Bonchev–Trinajstić information content (AvgIpc) is 2.97. The number of aliphatic hydroxyl groups is 1. The van der Waals surface area contributed by atoms with Crippen molar-refractivity contribution >= 4 is 23.0 Å². The standard InChI is InChI=1S/C15H18N2O2.C13H15N.C2H4.CH4O.H2N.H2O.Y/c1-3-4-9-16-15(19)12(2)17-10-13-7-5-6-8-14(13)11-18;1-10(14-2)12-9-5-7-11-6-3-4-8-13(11)12;2*1-2;;;/h3-8,11,17H,2,9-10H2,1H3,(H,16,19);3-10,14H,1-2H3;1-2H2;2H,1H3;2*1H2;/q;;;;-1;;/b4-3+;;;;;;. The Labute approximate surface area is 264 Å². The number of aliphatic hydroxyl groups excluding tert-OH is 1. The fraction of sp³-hybridized carbons (Fsp3) is 0.226. The van der Waals surface area contributed by atoms with Crippen LogP contribution < -0.4 is 16.0 Å². The van der Waals surface area contributed by atoms with E-state index in [1.807, 2.05) is 38.3 Å². The quantitative estimate of drug-likeness (QED) is 0.146. The predicted octanol–water partition coefficient (Wildman–Crippen LogP) is 5.22. The summed E-state index contributed by atoms with van der Waals surface area (Å²) in [5, 5.41) is 18.5. The number of amides is 1. The summed E-state index contributed by atoms with van der Waals surface area (Å²) in [6.07, 6.45) is 4.50. The zero-order chi connectivity index (χ0) is 28.1. The second-order valence-electron chi connectivity index (χ2n) is 7.51. The van der Waals surface area contributed by atoms with Crippen LogP contribution in [-0.4, -0.2) is 43.5 Å². The van der Waals surface area contributed by atoms with E-state index >= 15 is 0 Å². The molecule has 0 spiro atoms. The van der Waals surface area contributed by atoms with Gasteiger partial charge in [0, 0.05) is 64.5 Å². The van der Waals surface area contributed by atoms with E-state index in [4.69, 9.17) is 5.11 Å². The van der Waals surface area contributed by atoms with E-state index in [0.29, 0.717) is 24.7 Å². The number of carbonyl (C=O) groups is 2. The Bertz CT molecular complexity index is 1130. The number of fused-ring (bicyclic) bond motifs is 1. The molecule has 40 heavy (non-hydrogen) atoms. The second-order valence-corrected chi connectivity index (χ2v) is 7.51. The van der Waals surface area contributed by atoms with Crippen molar-refractivity contribution < 1.29 is 52.9 Å². The Morgan fingerprint density at radius 1 is 0.975 bits per heavy atom. The van der Waals surface area contributed by atoms with Gasteiger partial charge < -0.3 is 32.7 Å². The van der Waals surface area contributed by atoms with Gasteiger partial charge in [0.15, 0.2) is 0 Å². The van der Waals surface area contributed by atoms with E-state index in [-0.39, 0.29) is 55.9 Å². The number of hydrogen-bond donors (Lipinski definition) is 4. The Hall–Kier alpha value is -2.98. The number of hydrogen-bond acceptors (Lipinski definition) is 5. The van der Waals surface area contributed by atoms with Gasteiger partial charge in [-0.15, -0.1) is 13.2 Å². The Kier molecular flexibility index (Phi) is 30.4. The van der Waals surface area contributed by atoms with Gasteiger partial charge in [-0.05, 0) is 42.8 Å². The second kappa shape index (κ2) is 27.6. The van der Waals surface area contributed by atoms with Crippen LogP contribution in [0.5, 0.6) is 0 Å². The maximum absolute atomic E-state index is 11.6. The van der Waals surface area contributed by atoms with E-state index in [2.05, 4.69) is 85.1 Å². The van der Waals surface area contributed by atoms with E-state index in [0.717, 1.165) is 19.0 Å². The summed E-state index contributed by atoms with van der Waals surface area (Å²) in [4.78, 5) is 22.5. The molecule has 1 unspecified atom stereocenters. The van der Waals surface area contributed by atoms with Crippen LogP contribution in [0.2, 0.25) is 0 Å². The first kappa shape index (κ1) is 44.1. The third-order valence-electron chi connectivity index (χ3n) is 5.29. The van der Waals surface area contributed by atoms with Gasteiger partial charge in [0.25, 0.3) is 5.91 Å². The number of aldehydes is 1. The van der Waals surface area contributed by atoms with Crippen LogP contribution in [0.15, 0.2) is 104 Å². The molecule has 217 valence electrons. The number of rotatable bonds is 9. The van der Waals surface area contributed by atoms with Crippen molar-refractivity contribution in [2.45, 2.75) is 26.4 Å². The van der Waals surface area contributed by atoms with E-state index < -0.39 is 0 Å². The SMILES string of the molecule is C=C.C=C(NCc1ccccc1C=O)C(=O)NC/C=C/C.CNC(C)c1cccc2ccccc12.CO.O.[NH2-].[Y]. The molecule has 3 rings (SSSR count). The number of allylic oxidation sites excluding steroid dienone is 1. The van der Waals surface area contributed by atoms with Gasteiger partial charge in [0.1, 0.15) is 6.29 Å². The summed E-state index contributed by atoms with van der Waals surface area (Å²) in [7, 11) is 2.99. The molecular weight excluding hydrogens is 581 g/mol. The molecule has 0 aliphatic heterocycles. The van der Waals surface area contributed by atoms with Crippen molar-refractivity contribution in [3.8, 4) is 0 Å². The molecule has 3 aromatic rings. The minimum Gasteiger partial charge on any atom is -0.693 e. The smallest absolute Gasteiger partial charge is 0.266 e. The molecular formula is C31H45N4O4Y-. The van der Waals surface area contributed by atoms with Gasteiger partial charge in [0.2, 0.25) is 0 Å². The maximum atomic E-state index is 11.6. The first-order valence-corrected chi connectivity index (χ1v) is 12.0. The summed E-state index contributed by atoms with van der Waals surface area (Å²) in [5.74, 6) is -0.248. The van der Waals surface area contributed by atoms with E-state index in [1.54, 1.807) is 12.1 Å². The van der Waals surface area contributed by atoms with Crippen LogP contribution in [0.4, 0.5) is 0 Å². The third kappa shape index (κ3) is 15.6. The minimum absolute atomic E-state index is 0. The summed E-state index contributed by atoms with van der Waals surface area (Å²) in [6.45, 7) is 14.6. The summed E-state index contributed by atoms with van der Waals surface area (Å²) in [5.41, 5.74) is 3.09. The first-order valence-electron chi connectivity index (χ1n) is 12.0. The largest absolute Gasteiger partial charge is 0.693 e. The number of benzene rings is 3. The molecule has 0 bridgehead atoms. The summed E-state index contributed by atoms with van der Waals surface area (Å²) >= 11 is 0. The number of nitrogens with one attached hydrogen (secondary N) is 3. The zero-order valence-corrected chi connectivity index (χ0v) is 27.0. The van der Waals surface area contributed by atoms with Crippen molar-refractivity contribution in [2.24, 2.45) is 0 Å². The fourth-order valence-electron chi connectivity index (χ4n) is 3.25. The molecule has 3 aromatic carbocycles. The maximum Gasteiger partial charge on any atom is 0.266 e. The third-order valence-corrected chi connectivity index (χ3v) is 5.29. The molecule has 0 aliphatic carbocycles. The van der Waals surface area contributed by atoms with Gasteiger partial charge >= 0.3 is 0 Å². The molecule has 9 heteroatoms. The molecule has 0 saturated carbocycles. The number of carbonyl (C=O) groups excluding carboxylic acids is 2. The molecule has 8 N–H and O–H groups in total. The van der Waals surface area contributed by atoms with Crippen molar-refractivity contribution in [3.05, 3.63) is 127 Å². The Morgan fingerprint density at radius 2 is 1.55 bits per heavy atom. The van der Waals surface area contributed by atoms with Crippen LogP contribution >= 0.6 is 0 Å². The molecule has 0 fully saturated rings. The van der Waals surface area contributed by atoms with Crippen LogP contribution in [0.1, 0.15) is 41.4 Å². The summed E-state index contributed by atoms with van der Waals surface area (Å²) < 4.78 is 0. The van der Waals surface area contributed by atoms with Gasteiger partial charge in [-0.1, -0.05) is 85.5 Å². The molecule has 0 saturated heterocycles. The number of nitrogens with two attached hydrogens (primary N) is 1. The minimum atomic E-state index is -0.248. The van der Waals surface area contributed by atoms with Crippen LogP contribution in [0.3, 0.4) is 0 Å². The van der Waals surface area contributed by atoms with Crippen LogP contribution in [0, 0.1) is 0 Å². The Balaban J connectivity index is -0.000000276. The van der Waals surface area contributed by atoms with Gasteiger partial charge in [-0.25, -0.2) is 0 Å². The zero-order valence-electron chi connectivity index (χ0n) is 24.1. The average molecular weight is 627 g/mol. The predicted molar refractivity (Wildman–Crippen MR) is 165 cm³/mol. The molecule has 8 nitrogen and oxygen atoms in total. The van der Waals surface area contributed by atoms with E-state index in [1.165, 1.54) is 16.3 Å². The normalized spacial score (nSPS) is 9.62. The monoisotopic (exact) mass is 626 g/mol. The van der Waals surface area contributed by atoms with Crippen molar-refractivity contribution in [3.63, 3.8) is 0 Å². The molecule has 0 aromatic heterocycles. The molecule has 0 heterocycles. The molecule has 0 aliphatic rings. The topological polar surface area (TPSA) is 155 Å². The van der Waals surface area contributed by atoms with Gasteiger partial charge in [-0.2, -0.15) is 0 Å². The van der Waals surface area contributed by atoms with Gasteiger partial charge in [-0.3, -0.25) is 9.59 Å². The van der Waals surface area contributed by atoms with Crippen molar-refractivity contribution in [1.29, 1.82) is 0 Å². The summed E-state index contributed by atoms with van der Waals surface area (Å²) in [6, 6.07) is 22.6. The molecule has 1 atom stereocenters. The fourth-order valence-corrected chi connectivity index (χ4v) is 3.25. The van der Waals surface area contributed by atoms with Crippen LogP contribution in [-0.2, 0) is 44.0 Å². The van der Waals surface area contributed by atoms with Crippen LogP contribution in [0.25, 0.3) is 16.9 Å². The molecule has 1 amide bonds. The first-order chi connectivity index (χ1) is 18.0. The van der Waals surface area contributed by atoms with Crippen molar-refractivity contribution in [1.82, 2.24) is 16.0 Å². The molecule has 1 radical (unpaired) electrons. The van der Waals surface area contributed by atoms with Crippen molar-refractivity contribution in [2.75, 3.05) is 20.7 Å². The Morgan fingerprint density at radius 3 is 2.15 bits per heavy atom. The van der Waals surface area contributed by atoms with E-state index in [9.17, 15) is 9.59 Å².